The summed E-state index contributed by atoms with van der Waals surface area (Å²) in [6.07, 6.45) is 1.58. The Balaban J connectivity index is 1.80. The van der Waals surface area contributed by atoms with Crippen molar-refractivity contribution in [1.29, 1.82) is 0 Å². The number of benzene rings is 1. The lowest BCUT2D eigenvalue weighted by Crippen LogP contribution is -2.24. The van der Waals surface area contributed by atoms with Crippen molar-refractivity contribution in [2.24, 2.45) is 0 Å². The lowest BCUT2D eigenvalue weighted by atomic mass is 10.2. The third-order valence-corrected chi connectivity index (χ3v) is 6.65. The molecule has 10 heteroatoms. The lowest BCUT2D eigenvalue weighted by Gasteiger charge is -2.18. The number of aromatic nitrogens is 5. The predicted molar refractivity (Wildman–Crippen MR) is 126 cm³/mol. The molecular weight excluding hydrogens is 478 g/mol. The molecule has 0 N–H and O–H groups in total. The molecule has 0 radical (unpaired) electrons. The predicted octanol–water partition coefficient (Wildman–Crippen LogP) is 4.71. The van der Waals surface area contributed by atoms with Gasteiger partial charge in [-0.3, -0.25) is 0 Å². The van der Waals surface area contributed by atoms with Crippen molar-refractivity contribution in [2.75, 3.05) is 6.61 Å². The van der Waals surface area contributed by atoms with Crippen LogP contribution in [0, 0.1) is 0 Å². The van der Waals surface area contributed by atoms with Gasteiger partial charge in [-0.15, -0.1) is 5.10 Å². The Labute approximate surface area is 192 Å². The van der Waals surface area contributed by atoms with E-state index in [1.165, 1.54) is 0 Å². The maximum atomic E-state index is 12.2. The standard InChI is InChI=1S/C21H30BrN5O3Si/c1-21(2,3)30-20(28)17-12-26(25-24-17)13-19-23-16-11-15(22)7-8-18(16)27(19)14-29-9-10-31(4,5)6/h7-8,11-12H,9-10,13-14H2,1-6H3. The molecule has 0 aliphatic rings. The zero-order valence-corrected chi connectivity index (χ0v) is 21.6. The summed E-state index contributed by atoms with van der Waals surface area (Å²) >= 11 is 3.51. The van der Waals surface area contributed by atoms with Gasteiger partial charge in [0.15, 0.2) is 5.69 Å². The number of halogens is 1. The van der Waals surface area contributed by atoms with Crippen molar-refractivity contribution in [2.45, 2.75) is 65.3 Å². The minimum Gasteiger partial charge on any atom is -0.455 e. The highest BCUT2D eigenvalue weighted by molar-refractivity contribution is 9.10. The molecule has 0 atom stereocenters. The first kappa shape index (κ1) is 23.6. The third kappa shape index (κ3) is 6.72. The maximum absolute atomic E-state index is 12.2. The van der Waals surface area contributed by atoms with Crippen LogP contribution in [0.3, 0.4) is 0 Å². The van der Waals surface area contributed by atoms with Crippen LogP contribution in [0.15, 0.2) is 28.9 Å². The zero-order chi connectivity index (χ0) is 22.8. The van der Waals surface area contributed by atoms with Gasteiger partial charge >= 0.3 is 5.97 Å². The molecule has 0 bridgehead atoms. The minimum atomic E-state index is -1.16. The van der Waals surface area contributed by atoms with E-state index in [4.69, 9.17) is 14.5 Å². The van der Waals surface area contributed by atoms with Crippen molar-refractivity contribution in [3.8, 4) is 0 Å². The number of carbonyl (C=O) groups excluding carboxylic acids is 1. The Hall–Kier alpha value is -2.04. The quantitative estimate of drug-likeness (QED) is 0.249. The van der Waals surface area contributed by atoms with E-state index < -0.39 is 19.6 Å². The van der Waals surface area contributed by atoms with Crippen LogP contribution in [0.5, 0.6) is 0 Å². The summed E-state index contributed by atoms with van der Waals surface area (Å²) in [6.45, 7) is 13.9. The first-order chi connectivity index (χ1) is 14.4. The smallest absolute Gasteiger partial charge is 0.361 e. The normalized spacial score (nSPS) is 12.5. The van der Waals surface area contributed by atoms with Crippen molar-refractivity contribution in [1.82, 2.24) is 24.5 Å². The fraction of sp³-hybridized carbons (Fsp3) is 0.524. The molecular formula is C21H30BrN5O3Si. The molecule has 0 aliphatic carbocycles. The Morgan fingerprint density at radius 3 is 2.65 bits per heavy atom. The van der Waals surface area contributed by atoms with E-state index in [2.05, 4.69) is 45.9 Å². The summed E-state index contributed by atoms with van der Waals surface area (Å²) in [5.41, 5.74) is 1.44. The van der Waals surface area contributed by atoms with Crippen LogP contribution in [-0.2, 0) is 22.7 Å². The number of carbonyl (C=O) groups is 1. The monoisotopic (exact) mass is 507 g/mol. The fourth-order valence-corrected chi connectivity index (χ4v) is 4.00. The topological polar surface area (TPSA) is 84.1 Å². The van der Waals surface area contributed by atoms with Gasteiger partial charge in [0.2, 0.25) is 0 Å². The summed E-state index contributed by atoms with van der Waals surface area (Å²) < 4.78 is 16.0. The van der Waals surface area contributed by atoms with Gasteiger partial charge in [0.05, 0.1) is 17.2 Å². The molecule has 0 saturated carbocycles. The average molecular weight is 508 g/mol. The van der Waals surface area contributed by atoms with Crippen LogP contribution in [-0.4, -0.2) is 50.8 Å². The van der Waals surface area contributed by atoms with Gasteiger partial charge in [0, 0.05) is 19.2 Å². The zero-order valence-electron chi connectivity index (χ0n) is 19.0. The van der Waals surface area contributed by atoms with Crippen LogP contribution in [0.1, 0.15) is 37.1 Å². The van der Waals surface area contributed by atoms with E-state index in [1.54, 1.807) is 10.9 Å². The summed E-state index contributed by atoms with van der Waals surface area (Å²) in [6, 6.07) is 7.08. The van der Waals surface area contributed by atoms with Gasteiger partial charge in [0.25, 0.3) is 0 Å². The van der Waals surface area contributed by atoms with Crippen molar-refractivity contribution in [3.05, 3.63) is 40.4 Å². The number of imidazole rings is 1. The highest BCUT2D eigenvalue weighted by Gasteiger charge is 2.21. The van der Waals surface area contributed by atoms with E-state index in [1.807, 2.05) is 43.5 Å². The van der Waals surface area contributed by atoms with Gasteiger partial charge in [-0.25, -0.2) is 14.5 Å². The van der Waals surface area contributed by atoms with E-state index in [9.17, 15) is 4.79 Å². The van der Waals surface area contributed by atoms with E-state index in [0.29, 0.717) is 13.3 Å². The molecule has 0 amide bonds. The first-order valence-corrected chi connectivity index (χ1v) is 14.8. The number of hydrogen-bond acceptors (Lipinski definition) is 6. The molecule has 2 heterocycles. The Morgan fingerprint density at radius 1 is 1.23 bits per heavy atom. The van der Waals surface area contributed by atoms with Crippen LogP contribution in [0.4, 0.5) is 0 Å². The SMILES string of the molecule is CC(C)(C)OC(=O)c1cn(Cc2nc3cc(Br)ccc3n2COCC[Si](C)(C)C)nn1. The van der Waals surface area contributed by atoms with Crippen LogP contribution < -0.4 is 0 Å². The molecule has 3 rings (SSSR count). The first-order valence-electron chi connectivity index (χ1n) is 10.3. The van der Waals surface area contributed by atoms with E-state index in [0.717, 1.165) is 34.0 Å². The fourth-order valence-electron chi connectivity index (χ4n) is 2.90. The van der Waals surface area contributed by atoms with Crippen LogP contribution in [0.25, 0.3) is 11.0 Å². The summed E-state index contributed by atoms with van der Waals surface area (Å²) in [4.78, 5) is 17.0. The van der Waals surface area contributed by atoms with E-state index >= 15 is 0 Å². The highest BCUT2D eigenvalue weighted by atomic mass is 79.9. The van der Waals surface area contributed by atoms with E-state index in [-0.39, 0.29) is 5.69 Å². The Morgan fingerprint density at radius 2 is 1.97 bits per heavy atom. The molecule has 1 aromatic carbocycles. The van der Waals surface area contributed by atoms with Gasteiger partial charge < -0.3 is 14.0 Å². The third-order valence-electron chi connectivity index (χ3n) is 4.46. The maximum Gasteiger partial charge on any atom is 0.361 e. The molecule has 0 aliphatic heterocycles. The van der Waals surface area contributed by atoms with Crippen LogP contribution >= 0.6 is 15.9 Å². The molecule has 8 nitrogen and oxygen atoms in total. The Bertz CT molecular complexity index is 1070. The molecule has 0 spiro atoms. The molecule has 0 fully saturated rings. The van der Waals surface area contributed by atoms with Crippen molar-refractivity contribution >= 4 is 41.0 Å². The van der Waals surface area contributed by atoms with Crippen molar-refractivity contribution < 1.29 is 14.3 Å². The second-order valence-corrected chi connectivity index (χ2v) is 16.3. The molecule has 31 heavy (non-hydrogen) atoms. The number of nitrogens with zero attached hydrogens (tertiary/aromatic N) is 5. The summed E-state index contributed by atoms with van der Waals surface area (Å²) in [5, 5.41) is 8.05. The average Bonchev–Trinajstić information content (AvgIpc) is 3.21. The summed E-state index contributed by atoms with van der Waals surface area (Å²) in [5.74, 6) is 0.285. The molecule has 168 valence electrons. The Kier molecular flexibility index (Phi) is 7.02. The highest BCUT2D eigenvalue weighted by Crippen LogP contribution is 2.22. The molecule has 3 aromatic rings. The summed E-state index contributed by atoms with van der Waals surface area (Å²) in [7, 11) is -1.16. The number of ether oxygens (including phenoxy) is 2. The number of esters is 1. The van der Waals surface area contributed by atoms with Gasteiger partial charge in [0.1, 0.15) is 24.7 Å². The largest absolute Gasteiger partial charge is 0.455 e. The molecule has 0 unspecified atom stereocenters. The van der Waals surface area contributed by atoms with Crippen LogP contribution in [0.2, 0.25) is 25.7 Å². The second-order valence-electron chi connectivity index (χ2n) is 9.74. The second kappa shape index (κ2) is 9.21. The number of rotatable bonds is 8. The van der Waals surface area contributed by atoms with Crippen molar-refractivity contribution in [3.63, 3.8) is 0 Å². The minimum absolute atomic E-state index is 0.173. The molecule has 0 saturated heterocycles. The molecule has 2 aromatic heterocycles. The van der Waals surface area contributed by atoms with Gasteiger partial charge in [-0.1, -0.05) is 40.8 Å². The number of fused-ring (bicyclic) bond motifs is 1. The lowest BCUT2D eigenvalue weighted by molar-refractivity contribution is 0.00626. The van der Waals surface area contributed by atoms with Gasteiger partial charge in [-0.2, -0.15) is 0 Å². The van der Waals surface area contributed by atoms with Gasteiger partial charge in [-0.05, 0) is 45.0 Å². The number of hydrogen-bond donors (Lipinski definition) is 0.